The standard InChI is InChI=1S/C21H25F2N5O.HI/c1-24-21(26-10-9-25-20(29)16-5-3-2-4-6-16)28-13-11-27(12-14-28)19-15-17(22)7-8-18(19)23;/h2-8,15H,9-14H2,1H3,(H,24,26)(H,25,29);1H. The number of benzene rings is 2. The minimum absolute atomic E-state index is 0. The molecule has 1 heterocycles. The van der Waals surface area contributed by atoms with Gasteiger partial charge in [0.2, 0.25) is 0 Å². The van der Waals surface area contributed by atoms with E-state index in [0.717, 1.165) is 18.1 Å². The largest absolute Gasteiger partial charge is 0.366 e. The molecule has 0 bridgehead atoms. The highest BCUT2D eigenvalue weighted by Gasteiger charge is 2.22. The summed E-state index contributed by atoms with van der Waals surface area (Å²) >= 11 is 0. The van der Waals surface area contributed by atoms with Crippen LogP contribution in [0.1, 0.15) is 10.4 Å². The maximum absolute atomic E-state index is 14.0. The van der Waals surface area contributed by atoms with Gasteiger partial charge in [-0.3, -0.25) is 9.79 Å². The van der Waals surface area contributed by atoms with Crippen LogP contribution in [0.2, 0.25) is 0 Å². The number of halogens is 3. The van der Waals surface area contributed by atoms with Gasteiger partial charge in [0.25, 0.3) is 5.91 Å². The summed E-state index contributed by atoms with van der Waals surface area (Å²) < 4.78 is 27.4. The quantitative estimate of drug-likeness (QED) is 0.271. The van der Waals surface area contributed by atoms with Crippen LogP contribution >= 0.6 is 24.0 Å². The summed E-state index contributed by atoms with van der Waals surface area (Å²) in [5, 5.41) is 6.09. The molecule has 6 nitrogen and oxygen atoms in total. The molecule has 1 fully saturated rings. The highest BCUT2D eigenvalue weighted by Crippen LogP contribution is 2.21. The zero-order chi connectivity index (χ0) is 20.6. The number of hydrogen-bond donors (Lipinski definition) is 2. The van der Waals surface area contributed by atoms with Crippen LogP contribution < -0.4 is 15.5 Å². The molecule has 30 heavy (non-hydrogen) atoms. The van der Waals surface area contributed by atoms with Crippen molar-refractivity contribution in [3.63, 3.8) is 0 Å². The number of carbonyl (C=O) groups is 1. The molecule has 0 unspecified atom stereocenters. The number of aliphatic imine (C=N–C) groups is 1. The first-order valence-electron chi connectivity index (χ1n) is 9.57. The number of nitrogens with zero attached hydrogens (tertiary/aromatic N) is 3. The summed E-state index contributed by atoms with van der Waals surface area (Å²) in [5.74, 6) is -0.262. The normalized spacial score (nSPS) is 14.2. The molecule has 1 aliphatic heterocycles. The van der Waals surface area contributed by atoms with Crippen LogP contribution in [0, 0.1) is 11.6 Å². The van der Waals surface area contributed by atoms with Crippen LogP contribution in [0.4, 0.5) is 14.5 Å². The number of hydrogen-bond acceptors (Lipinski definition) is 3. The lowest BCUT2D eigenvalue weighted by Crippen LogP contribution is -2.53. The van der Waals surface area contributed by atoms with Gasteiger partial charge in [0.15, 0.2) is 5.96 Å². The van der Waals surface area contributed by atoms with Crippen LogP contribution in [0.25, 0.3) is 0 Å². The zero-order valence-corrected chi connectivity index (χ0v) is 19.1. The summed E-state index contributed by atoms with van der Waals surface area (Å²) in [4.78, 5) is 20.2. The van der Waals surface area contributed by atoms with E-state index in [9.17, 15) is 13.6 Å². The van der Waals surface area contributed by atoms with Crippen molar-refractivity contribution in [3.8, 4) is 0 Å². The molecule has 3 rings (SSSR count). The van der Waals surface area contributed by atoms with Crippen LogP contribution in [-0.2, 0) is 0 Å². The number of rotatable bonds is 5. The molecule has 9 heteroatoms. The Bertz CT molecular complexity index is 858. The van der Waals surface area contributed by atoms with E-state index >= 15 is 0 Å². The molecule has 162 valence electrons. The fourth-order valence-electron chi connectivity index (χ4n) is 3.26. The van der Waals surface area contributed by atoms with E-state index < -0.39 is 11.6 Å². The van der Waals surface area contributed by atoms with Gasteiger partial charge in [0.05, 0.1) is 5.69 Å². The van der Waals surface area contributed by atoms with Gasteiger partial charge in [-0.2, -0.15) is 0 Å². The molecule has 0 aliphatic carbocycles. The van der Waals surface area contributed by atoms with Crippen molar-refractivity contribution in [1.82, 2.24) is 15.5 Å². The highest BCUT2D eigenvalue weighted by atomic mass is 127. The molecule has 1 saturated heterocycles. The Hall–Kier alpha value is -2.43. The number of nitrogens with one attached hydrogen (secondary N) is 2. The third-order valence-corrected chi connectivity index (χ3v) is 4.77. The van der Waals surface area contributed by atoms with Crippen LogP contribution in [0.3, 0.4) is 0 Å². The molecule has 0 saturated carbocycles. The maximum Gasteiger partial charge on any atom is 0.251 e. The van der Waals surface area contributed by atoms with Crippen molar-refractivity contribution in [1.29, 1.82) is 0 Å². The number of guanidine groups is 1. The fraction of sp³-hybridized carbons (Fsp3) is 0.333. The molecule has 0 radical (unpaired) electrons. The van der Waals surface area contributed by atoms with Gasteiger partial charge in [0.1, 0.15) is 11.6 Å². The molecule has 2 N–H and O–H groups in total. The Labute approximate surface area is 192 Å². The van der Waals surface area contributed by atoms with E-state index in [1.54, 1.807) is 19.2 Å². The summed E-state index contributed by atoms with van der Waals surface area (Å²) in [5.41, 5.74) is 0.911. The number of piperazine rings is 1. The molecule has 2 aromatic carbocycles. The maximum atomic E-state index is 14.0. The van der Waals surface area contributed by atoms with Crippen molar-refractivity contribution >= 4 is 41.5 Å². The Balaban J connectivity index is 0.00000320. The average Bonchev–Trinajstić information content (AvgIpc) is 2.76. The molecule has 0 atom stereocenters. The fourth-order valence-corrected chi connectivity index (χ4v) is 3.26. The Morgan fingerprint density at radius 3 is 2.33 bits per heavy atom. The first kappa shape index (κ1) is 23.8. The zero-order valence-electron chi connectivity index (χ0n) is 16.8. The van der Waals surface area contributed by atoms with Gasteiger partial charge in [-0.05, 0) is 24.3 Å². The predicted molar refractivity (Wildman–Crippen MR) is 126 cm³/mol. The molecule has 0 spiro atoms. The first-order valence-corrected chi connectivity index (χ1v) is 9.57. The van der Waals surface area contributed by atoms with E-state index in [2.05, 4.69) is 20.5 Å². The smallest absolute Gasteiger partial charge is 0.251 e. The summed E-state index contributed by atoms with van der Waals surface area (Å²) in [6, 6.07) is 12.6. The Kier molecular flexibility index (Phi) is 9.28. The molecule has 2 aromatic rings. The van der Waals surface area contributed by atoms with E-state index in [1.807, 2.05) is 23.1 Å². The topological polar surface area (TPSA) is 60.0 Å². The second-order valence-corrected chi connectivity index (χ2v) is 6.67. The van der Waals surface area contributed by atoms with Crippen molar-refractivity contribution < 1.29 is 13.6 Å². The number of carbonyl (C=O) groups excluding carboxylic acids is 1. The lowest BCUT2D eigenvalue weighted by molar-refractivity contribution is 0.0954. The van der Waals surface area contributed by atoms with Gasteiger partial charge in [-0.25, -0.2) is 8.78 Å². The van der Waals surface area contributed by atoms with Gasteiger partial charge in [-0.1, -0.05) is 18.2 Å². The highest BCUT2D eigenvalue weighted by molar-refractivity contribution is 14.0. The van der Waals surface area contributed by atoms with Gasteiger partial charge < -0.3 is 20.4 Å². The van der Waals surface area contributed by atoms with Crippen LogP contribution in [-0.4, -0.2) is 63.1 Å². The van der Waals surface area contributed by atoms with Crippen molar-refractivity contribution in [2.45, 2.75) is 0 Å². The van der Waals surface area contributed by atoms with E-state index in [-0.39, 0.29) is 35.6 Å². The lowest BCUT2D eigenvalue weighted by Gasteiger charge is -2.37. The Morgan fingerprint density at radius 1 is 1.00 bits per heavy atom. The second kappa shape index (κ2) is 11.7. The monoisotopic (exact) mass is 529 g/mol. The van der Waals surface area contributed by atoms with E-state index in [4.69, 9.17) is 0 Å². The van der Waals surface area contributed by atoms with Crippen molar-refractivity contribution in [3.05, 3.63) is 65.7 Å². The van der Waals surface area contributed by atoms with Crippen LogP contribution in [0.15, 0.2) is 53.5 Å². The van der Waals surface area contributed by atoms with Gasteiger partial charge >= 0.3 is 0 Å². The first-order chi connectivity index (χ1) is 14.1. The van der Waals surface area contributed by atoms with Crippen molar-refractivity contribution in [2.24, 2.45) is 4.99 Å². The third kappa shape index (κ3) is 6.28. The molecule has 1 amide bonds. The summed E-state index contributed by atoms with van der Waals surface area (Å²) in [7, 11) is 1.70. The second-order valence-electron chi connectivity index (χ2n) is 6.67. The van der Waals surface area contributed by atoms with E-state index in [0.29, 0.717) is 44.8 Å². The predicted octanol–water partition coefficient (Wildman–Crippen LogP) is 2.71. The number of amides is 1. The molecular formula is C21H26F2IN5O. The number of anilines is 1. The third-order valence-electron chi connectivity index (χ3n) is 4.77. The van der Waals surface area contributed by atoms with Crippen molar-refractivity contribution in [2.75, 3.05) is 51.2 Å². The van der Waals surface area contributed by atoms with Gasteiger partial charge in [-0.15, -0.1) is 24.0 Å². The molecular weight excluding hydrogens is 503 g/mol. The lowest BCUT2D eigenvalue weighted by atomic mass is 10.2. The summed E-state index contributed by atoms with van der Waals surface area (Å²) in [6.45, 7) is 3.38. The van der Waals surface area contributed by atoms with Crippen LogP contribution in [0.5, 0.6) is 0 Å². The summed E-state index contributed by atoms with van der Waals surface area (Å²) in [6.07, 6.45) is 0. The van der Waals surface area contributed by atoms with Gasteiger partial charge in [0, 0.05) is 57.9 Å². The minimum Gasteiger partial charge on any atom is -0.366 e. The minimum atomic E-state index is -0.446. The van der Waals surface area contributed by atoms with E-state index in [1.165, 1.54) is 6.07 Å². The Morgan fingerprint density at radius 2 is 1.67 bits per heavy atom. The average molecular weight is 529 g/mol. The molecule has 1 aliphatic rings. The SMILES string of the molecule is CN=C(NCCNC(=O)c1ccccc1)N1CCN(c2cc(F)ccc2F)CC1.I. The molecule has 0 aromatic heterocycles.